The van der Waals surface area contributed by atoms with Crippen molar-refractivity contribution in [1.29, 1.82) is 0 Å². The summed E-state index contributed by atoms with van der Waals surface area (Å²) in [6.07, 6.45) is 0.807. The molecule has 1 atom stereocenters. The predicted octanol–water partition coefficient (Wildman–Crippen LogP) is 4.56. The Balaban J connectivity index is 2.88. The second kappa shape index (κ2) is 8.34. The van der Waals surface area contributed by atoms with Crippen LogP contribution in [0.1, 0.15) is 53.5 Å². The Morgan fingerprint density at radius 2 is 1.91 bits per heavy atom. The van der Waals surface area contributed by atoms with E-state index in [1.165, 1.54) is 0 Å². The molecule has 0 radical (unpaired) electrons. The largest absolute Gasteiger partial charge is 0.491 e. The minimum Gasteiger partial charge on any atom is -0.491 e. The maximum absolute atomic E-state index is 12.7. The van der Waals surface area contributed by atoms with Gasteiger partial charge in [0.1, 0.15) is 11.4 Å². The summed E-state index contributed by atoms with van der Waals surface area (Å²) in [6, 6.07) is 5.69. The number of aryl methyl sites for hydroxylation is 1. The minimum absolute atomic E-state index is 0.107. The van der Waals surface area contributed by atoms with Gasteiger partial charge in [-0.05, 0) is 70.7 Å². The number of carbonyl (C=O) groups excluding carboxylic acids is 1. The Morgan fingerprint density at radius 1 is 1.26 bits per heavy atom. The van der Waals surface area contributed by atoms with E-state index >= 15 is 0 Å². The maximum Gasteiger partial charge on any atom is 0.256 e. The summed E-state index contributed by atoms with van der Waals surface area (Å²) in [4.78, 5) is 12.7. The third kappa shape index (κ3) is 5.87. The fourth-order valence-electron chi connectivity index (χ4n) is 2.69. The third-order valence-corrected chi connectivity index (χ3v) is 3.54. The van der Waals surface area contributed by atoms with Gasteiger partial charge in [-0.1, -0.05) is 13.8 Å². The van der Waals surface area contributed by atoms with Gasteiger partial charge in [-0.25, -0.2) is 0 Å². The summed E-state index contributed by atoms with van der Waals surface area (Å²) in [5.41, 5.74) is 0.945. The monoisotopic (exact) mass is 321 g/mol. The first kappa shape index (κ1) is 19.5. The highest BCUT2D eigenvalue weighted by molar-refractivity contribution is 5.97. The maximum atomic E-state index is 12.7. The van der Waals surface area contributed by atoms with Crippen LogP contribution in [0.25, 0.3) is 0 Å². The third-order valence-electron chi connectivity index (χ3n) is 3.54. The smallest absolute Gasteiger partial charge is 0.256 e. The van der Waals surface area contributed by atoms with Gasteiger partial charge in [0.05, 0.1) is 6.10 Å². The van der Waals surface area contributed by atoms with E-state index < -0.39 is 5.60 Å². The molecule has 1 aromatic rings. The van der Waals surface area contributed by atoms with Gasteiger partial charge in [0.25, 0.3) is 5.91 Å². The molecule has 4 nitrogen and oxygen atoms in total. The topological polar surface area (TPSA) is 47.6 Å². The van der Waals surface area contributed by atoms with E-state index in [9.17, 15) is 4.79 Å². The molecular weight excluding hydrogens is 290 g/mol. The molecule has 0 aliphatic carbocycles. The van der Waals surface area contributed by atoms with Crippen LogP contribution in [0, 0.1) is 12.8 Å². The number of anilines is 1. The second-order valence-corrected chi connectivity index (χ2v) is 6.86. The van der Waals surface area contributed by atoms with Crippen molar-refractivity contribution in [2.24, 2.45) is 5.92 Å². The van der Waals surface area contributed by atoms with Crippen molar-refractivity contribution < 1.29 is 14.3 Å². The van der Waals surface area contributed by atoms with E-state index in [1.807, 2.05) is 52.8 Å². The lowest BCUT2D eigenvalue weighted by molar-refractivity contribution is -0.140. The first-order valence-corrected chi connectivity index (χ1v) is 8.40. The van der Waals surface area contributed by atoms with Crippen LogP contribution in [0.15, 0.2) is 18.2 Å². The van der Waals surface area contributed by atoms with Gasteiger partial charge < -0.3 is 14.8 Å². The van der Waals surface area contributed by atoms with Crippen LogP contribution in [0.4, 0.5) is 5.69 Å². The van der Waals surface area contributed by atoms with Crippen molar-refractivity contribution in [3.8, 4) is 5.75 Å². The summed E-state index contributed by atoms with van der Waals surface area (Å²) < 4.78 is 11.5. The molecule has 23 heavy (non-hydrogen) atoms. The second-order valence-electron chi connectivity index (χ2n) is 6.86. The number of rotatable bonds is 8. The summed E-state index contributed by atoms with van der Waals surface area (Å²) >= 11 is 0. The summed E-state index contributed by atoms with van der Waals surface area (Å²) in [6.45, 7) is 14.4. The van der Waals surface area contributed by atoms with E-state index in [4.69, 9.17) is 9.47 Å². The zero-order valence-corrected chi connectivity index (χ0v) is 15.5. The van der Waals surface area contributed by atoms with Gasteiger partial charge in [0, 0.05) is 12.3 Å². The first-order chi connectivity index (χ1) is 10.7. The molecule has 0 unspecified atom stereocenters. The van der Waals surface area contributed by atoms with Crippen molar-refractivity contribution >= 4 is 11.6 Å². The van der Waals surface area contributed by atoms with Gasteiger partial charge >= 0.3 is 0 Å². The fraction of sp³-hybridized carbons (Fsp3) is 0.632. The van der Waals surface area contributed by atoms with Crippen LogP contribution < -0.4 is 10.1 Å². The molecule has 0 spiro atoms. The Bertz CT molecular complexity index is 525. The van der Waals surface area contributed by atoms with Crippen LogP contribution in [-0.2, 0) is 9.53 Å². The normalized spacial score (nSPS) is 14.0. The molecule has 0 fully saturated rings. The SMILES string of the molecule is CCO[C@@](C)(CC(C)C)C(=O)Nc1ccc(OC(C)C)c(C)c1. The number of hydrogen-bond donors (Lipinski definition) is 1. The molecule has 1 amide bonds. The van der Waals surface area contributed by atoms with Gasteiger partial charge in [0.15, 0.2) is 0 Å². The molecule has 1 rings (SSSR count). The molecule has 0 aliphatic heterocycles. The van der Waals surface area contributed by atoms with Crippen LogP contribution in [0.3, 0.4) is 0 Å². The van der Waals surface area contributed by atoms with Crippen molar-refractivity contribution in [1.82, 2.24) is 0 Å². The van der Waals surface area contributed by atoms with E-state index in [0.29, 0.717) is 18.9 Å². The van der Waals surface area contributed by atoms with Crippen LogP contribution >= 0.6 is 0 Å². The van der Waals surface area contributed by atoms with E-state index in [2.05, 4.69) is 19.2 Å². The molecular formula is C19H31NO3. The molecule has 4 heteroatoms. The quantitative estimate of drug-likeness (QED) is 0.763. The van der Waals surface area contributed by atoms with Gasteiger partial charge in [0.2, 0.25) is 0 Å². The Labute approximate surface area is 140 Å². The van der Waals surface area contributed by atoms with Crippen LogP contribution in [-0.4, -0.2) is 24.2 Å². The van der Waals surface area contributed by atoms with Crippen molar-refractivity contribution in [3.63, 3.8) is 0 Å². The zero-order valence-electron chi connectivity index (χ0n) is 15.5. The van der Waals surface area contributed by atoms with Gasteiger partial charge in [-0.15, -0.1) is 0 Å². The standard InChI is InChI=1S/C19H31NO3/c1-8-22-19(7,12-13(2)3)18(21)20-16-9-10-17(15(6)11-16)23-14(4)5/h9-11,13-14H,8,12H2,1-7H3,(H,20,21)/t19-/m0/s1. The summed E-state index contributed by atoms with van der Waals surface area (Å²) in [5, 5.41) is 2.97. The number of ether oxygens (including phenoxy) is 2. The molecule has 0 saturated carbocycles. The molecule has 0 aromatic heterocycles. The molecule has 0 saturated heterocycles. The first-order valence-electron chi connectivity index (χ1n) is 8.40. The predicted molar refractivity (Wildman–Crippen MR) is 95.1 cm³/mol. The number of amides is 1. The lowest BCUT2D eigenvalue weighted by Crippen LogP contribution is -2.44. The minimum atomic E-state index is -0.816. The van der Waals surface area contributed by atoms with Gasteiger partial charge in [-0.3, -0.25) is 4.79 Å². The van der Waals surface area contributed by atoms with Crippen molar-refractivity contribution in [2.45, 2.75) is 66.6 Å². The summed E-state index contributed by atoms with van der Waals surface area (Å²) in [5.74, 6) is 1.11. The van der Waals surface area contributed by atoms with Gasteiger partial charge in [-0.2, -0.15) is 0 Å². The number of benzene rings is 1. The highest BCUT2D eigenvalue weighted by Crippen LogP contribution is 2.26. The highest BCUT2D eigenvalue weighted by Gasteiger charge is 2.34. The van der Waals surface area contributed by atoms with E-state index in [1.54, 1.807) is 0 Å². The Kier molecular flexibility index (Phi) is 7.07. The number of carbonyl (C=O) groups is 1. The Hall–Kier alpha value is -1.55. The average Bonchev–Trinajstić information content (AvgIpc) is 2.40. The van der Waals surface area contributed by atoms with Crippen LogP contribution in [0.5, 0.6) is 5.75 Å². The highest BCUT2D eigenvalue weighted by atomic mass is 16.5. The van der Waals surface area contributed by atoms with E-state index in [0.717, 1.165) is 17.0 Å². The average molecular weight is 321 g/mol. The molecule has 130 valence electrons. The van der Waals surface area contributed by atoms with Crippen molar-refractivity contribution in [3.05, 3.63) is 23.8 Å². The molecule has 0 heterocycles. The fourth-order valence-corrected chi connectivity index (χ4v) is 2.69. The summed E-state index contributed by atoms with van der Waals surface area (Å²) in [7, 11) is 0. The lowest BCUT2D eigenvalue weighted by Gasteiger charge is -2.30. The molecule has 0 aliphatic rings. The molecule has 1 aromatic carbocycles. The van der Waals surface area contributed by atoms with Crippen molar-refractivity contribution in [2.75, 3.05) is 11.9 Å². The lowest BCUT2D eigenvalue weighted by atomic mass is 9.93. The number of nitrogens with one attached hydrogen (secondary N) is 1. The molecule has 0 bridgehead atoms. The molecule has 1 N–H and O–H groups in total. The number of hydrogen-bond acceptors (Lipinski definition) is 3. The Morgan fingerprint density at radius 3 is 2.39 bits per heavy atom. The van der Waals surface area contributed by atoms with Crippen LogP contribution in [0.2, 0.25) is 0 Å². The zero-order chi connectivity index (χ0) is 17.6. The van der Waals surface area contributed by atoms with E-state index in [-0.39, 0.29) is 12.0 Å².